The van der Waals surface area contributed by atoms with Gasteiger partial charge in [-0.2, -0.15) is 0 Å². The van der Waals surface area contributed by atoms with Gasteiger partial charge in [0, 0.05) is 23.5 Å². The predicted molar refractivity (Wildman–Crippen MR) is 133 cm³/mol. The van der Waals surface area contributed by atoms with Gasteiger partial charge in [-0.15, -0.1) is 6.58 Å². The van der Waals surface area contributed by atoms with Crippen molar-refractivity contribution >= 4 is 23.3 Å². The number of nitrogens with zero attached hydrogens (tertiary/aromatic N) is 1. The zero-order valence-corrected chi connectivity index (χ0v) is 19.8. The summed E-state index contributed by atoms with van der Waals surface area (Å²) in [6, 6.07) is 11.6. The molecule has 0 saturated heterocycles. The van der Waals surface area contributed by atoms with Crippen LogP contribution >= 0.6 is 11.6 Å². The lowest BCUT2D eigenvalue weighted by atomic mass is 9.69. The topological polar surface area (TPSA) is 49.8 Å². The summed E-state index contributed by atoms with van der Waals surface area (Å²) >= 11 is 6.33. The molecule has 5 rings (SSSR count). The maximum atomic E-state index is 11.7. The number of hydrogen-bond acceptors (Lipinski definition) is 3. The number of anilines is 1. The molecule has 3 aliphatic rings. The molecule has 1 aliphatic heterocycles. The summed E-state index contributed by atoms with van der Waals surface area (Å²) in [6.07, 6.45) is 9.97. The fourth-order valence-corrected chi connectivity index (χ4v) is 6.32. The molecule has 2 aliphatic carbocycles. The van der Waals surface area contributed by atoms with E-state index in [-0.39, 0.29) is 5.41 Å². The van der Waals surface area contributed by atoms with Crippen LogP contribution in [0.1, 0.15) is 60.0 Å². The molecular weight excluding hydrogens is 434 g/mol. The number of allylic oxidation sites excluding steroid dienone is 1. The number of aryl methyl sites for hydroxylation is 1. The van der Waals surface area contributed by atoms with Gasteiger partial charge in [0.15, 0.2) is 0 Å². The number of carbonyl (C=O) groups is 1. The van der Waals surface area contributed by atoms with Crippen molar-refractivity contribution in [2.24, 2.45) is 11.8 Å². The first-order valence-corrected chi connectivity index (χ1v) is 12.5. The van der Waals surface area contributed by atoms with Crippen LogP contribution in [0.15, 0.2) is 49.1 Å². The second-order valence-electron chi connectivity index (χ2n) is 10.1. The Hall–Kier alpha value is -2.46. The third-order valence-electron chi connectivity index (χ3n) is 8.06. The van der Waals surface area contributed by atoms with Gasteiger partial charge < -0.3 is 14.7 Å². The Balaban J connectivity index is 1.52. The lowest BCUT2D eigenvalue weighted by molar-refractivity contribution is 0.0697. The van der Waals surface area contributed by atoms with Crippen molar-refractivity contribution in [1.29, 1.82) is 0 Å². The Labute approximate surface area is 201 Å². The molecule has 1 heterocycles. The number of rotatable bonds is 6. The van der Waals surface area contributed by atoms with Crippen LogP contribution in [0.25, 0.3) is 0 Å². The van der Waals surface area contributed by atoms with E-state index in [4.69, 9.17) is 16.3 Å². The van der Waals surface area contributed by atoms with E-state index in [0.717, 1.165) is 55.2 Å². The van der Waals surface area contributed by atoms with E-state index < -0.39 is 5.97 Å². The van der Waals surface area contributed by atoms with Gasteiger partial charge in [0.1, 0.15) is 5.75 Å². The first kappa shape index (κ1) is 22.3. The van der Waals surface area contributed by atoms with Crippen LogP contribution in [0, 0.1) is 11.8 Å². The van der Waals surface area contributed by atoms with Gasteiger partial charge in [-0.1, -0.05) is 23.7 Å². The minimum absolute atomic E-state index is 0.124. The molecule has 1 fully saturated rings. The first-order chi connectivity index (χ1) is 16.0. The zero-order chi connectivity index (χ0) is 23.0. The Morgan fingerprint density at radius 1 is 1.24 bits per heavy atom. The summed E-state index contributed by atoms with van der Waals surface area (Å²) in [5.74, 6) is 1.23. The summed E-state index contributed by atoms with van der Waals surface area (Å²) in [4.78, 5) is 14.2. The van der Waals surface area contributed by atoms with Gasteiger partial charge in [-0.05, 0) is 98.2 Å². The van der Waals surface area contributed by atoms with Gasteiger partial charge in [0.05, 0.1) is 17.9 Å². The van der Waals surface area contributed by atoms with E-state index in [1.807, 2.05) is 18.2 Å². The minimum atomic E-state index is -0.901. The van der Waals surface area contributed by atoms with Gasteiger partial charge >= 0.3 is 5.97 Å². The maximum absolute atomic E-state index is 11.7. The van der Waals surface area contributed by atoms with E-state index in [1.165, 1.54) is 30.4 Å². The highest BCUT2D eigenvalue weighted by atomic mass is 35.5. The van der Waals surface area contributed by atoms with Crippen LogP contribution in [-0.4, -0.2) is 30.8 Å². The second-order valence-corrected chi connectivity index (χ2v) is 10.5. The summed E-state index contributed by atoms with van der Waals surface area (Å²) < 4.78 is 6.44. The van der Waals surface area contributed by atoms with Gasteiger partial charge in [-0.25, -0.2) is 4.79 Å². The van der Waals surface area contributed by atoms with Crippen molar-refractivity contribution in [3.63, 3.8) is 0 Å². The van der Waals surface area contributed by atoms with Crippen molar-refractivity contribution in [2.75, 3.05) is 24.6 Å². The van der Waals surface area contributed by atoms with Crippen molar-refractivity contribution in [3.05, 3.63) is 70.8 Å². The average molecular weight is 466 g/mol. The summed E-state index contributed by atoms with van der Waals surface area (Å²) in [6.45, 7) is 6.26. The molecule has 33 heavy (non-hydrogen) atoms. The van der Waals surface area contributed by atoms with Crippen molar-refractivity contribution in [1.82, 2.24) is 0 Å². The molecule has 0 amide bonds. The highest BCUT2D eigenvalue weighted by Gasteiger charge is 2.43. The van der Waals surface area contributed by atoms with Crippen LogP contribution in [0.2, 0.25) is 5.02 Å². The van der Waals surface area contributed by atoms with E-state index in [9.17, 15) is 9.90 Å². The fourth-order valence-electron chi connectivity index (χ4n) is 6.12. The molecule has 0 bridgehead atoms. The molecule has 4 nitrogen and oxygen atoms in total. The molecule has 0 radical (unpaired) electrons. The monoisotopic (exact) mass is 465 g/mol. The predicted octanol–water partition coefficient (Wildman–Crippen LogP) is 6.50. The molecule has 1 N–H and O–H groups in total. The zero-order valence-electron chi connectivity index (χ0n) is 19.1. The molecule has 1 saturated carbocycles. The number of hydrogen-bond donors (Lipinski definition) is 1. The van der Waals surface area contributed by atoms with E-state index in [0.29, 0.717) is 24.0 Å². The number of aromatic carboxylic acids is 1. The third-order valence-corrected chi connectivity index (χ3v) is 8.29. The summed E-state index contributed by atoms with van der Waals surface area (Å²) in [5, 5.41) is 10.4. The molecule has 0 aromatic heterocycles. The van der Waals surface area contributed by atoms with Gasteiger partial charge in [0.25, 0.3) is 0 Å². The standard InChI is InChI=1S/C28H32ClNO3/c1-2-3-5-19-7-8-22(19)16-30-17-28(13-4-6-20-14-23(29)10-11-24(20)28)18-33-26-12-9-21(27(31)32)15-25(26)30/h2,9-12,14-15,19,22H,1,3-8,13,16-18H2,(H,31,32)/t19-,22+,28+/m1/s1. The largest absolute Gasteiger partial charge is 0.490 e. The average Bonchev–Trinajstić information content (AvgIpc) is 2.94. The van der Waals surface area contributed by atoms with Crippen LogP contribution in [-0.2, 0) is 11.8 Å². The number of carboxylic acids is 1. The number of halogens is 1. The Morgan fingerprint density at radius 2 is 2.09 bits per heavy atom. The van der Waals surface area contributed by atoms with E-state index in [1.54, 1.807) is 12.1 Å². The SMILES string of the molecule is C=CCC[C@@H]1CC[C@H]1CN1C[C@@]2(CCCc3cc(Cl)ccc32)COc2ccc(C(=O)O)cc21. The van der Waals surface area contributed by atoms with Crippen molar-refractivity contribution in [2.45, 2.75) is 50.4 Å². The van der Waals surface area contributed by atoms with E-state index >= 15 is 0 Å². The number of carboxylic acid groups (broad SMARTS) is 1. The van der Waals surface area contributed by atoms with Gasteiger partial charge in [-0.3, -0.25) is 0 Å². The lowest BCUT2D eigenvalue weighted by Crippen LogP contribution is -2.48. The van der Waals surface area contributed by atoms with Crippen LogP contribution in [0.4, 0.5) is 5.69 Å². The highest BCUT2D eigenvalue weighted by Crippen LogP contribution is 2.46. The molecule has 5 heteroatoms. The number of ether oxygens (including phenoxy) is 1. The maximum Gasteiger partial charge on any atom is 0.335 e. The second kappa shape index (κ2) is 9.06. The van der Waals surface area contributed by atoms with Crippen LogP contribution in [0.5, 0.6) is 5.75 Å². The molecule has 0 unspecified atom stereocenters. The number of benzene rings is 2. The Morgan fingerprint density at radius 3 is 2.85 bits per heavy atom. The van der Waals surface area contributed by atoms with Crippen LogP contribution < -0.4 is 9.64 Å². The fraction of sp³-hybridized carbons (Fsp3) is 0.464. The molecule has 1 spiro atoms. The normalized spacial score (nSPS) is 25.9. The quantitative estimate of drug-likeness (QED) is 0.494. The molecule has 2 aromatic carbocycles. The van der Waals surface area contributed by atoms with Gasteiger partial charge in [0.2, 0.25) is 0 Å². The summed E-state index contributed by atoms with van der Waals surface area (Å²) in [7, 11) is 0. The van der Waals surface area contributed by atoms with Crippen LogP contribution in [0.3, 0.4) is 0 Å². The molecule has 3 atom stereocenters. The molecular formula is C28H32ClNO3. The Bertz CT molecular complexity index is 1070. The smallest absolute Gasteiger partial charge is 0.335 e. The summed E-state index contributed by atoms with van der Waals surface area (Å²) in [5.41, 5.74) is 3.77. The highest BCUT2D eigenvalue weighted by molar-refractivity contribution is 6.30. The van der Waals surface area contributed by atoms with Crippen molar-refractivity contribution in [3.8, 4) is 5.75 Å². The minimum Gasteiger partial charge on any atom is -0.490 e. The van der Waals surface area contributed by atoms with E-state index in [2.05, 4.69) is 23.6 Å². The number of fused-ring (bicyclic) bond motifs is 3. The first-order valence-electron chi connectivity index (χ1n) is 12.1. The lowest BCUT2D eigenvalue weighted by Gasteiger charge is -2.44. The van der Waals surface area contributed by atoms with Crippen molar-refractivity contribution < 1.29 is 14.6 Å². The molecule has 2 aromatic rings. The Kier molecular flexibility index (Phi) is 6.13. The molecule has 174 valence electrons. The third kappa shape index (κ3) is 4.26.